The van der Waals surface area contributed by atoms with Gasteiger partial charge in [0.1, 0.15) is 5.37 Å². The van der Waals surface area contributed by atoms with Crippen LogP contribution in [0.5, 0.6) is 0 Å². The average Bonchev–Trinajstić information content (AvgIpc) is 3.84. The van der Waals surface area contributed by atoms with Crippen molar-refractivity contribution < 1.29 is 22.8 Å². The maximum Gasteiger partial charge on any atom is 0.268 e. The van der Waals surface area contributed by atoms with Crippen molar-refractivity contribution in [3.8, 4) is 11.1 Å². The molecule has 4 atom stereocenters. The minimum Gasteiger partial charge on any atom is -0.368 e. The van der Waals surface area contributed by atoms with Crippen LogP contribution in [0.2, 0.25) is 0 Å². The fraction of sp³-hybridized carbons (Fsp3) is 0.432. The summed E-state index contributed by atoms with van der Waals surface area (Å²) in [6, 6.07) is 24.9. The summed E-state index contributed by atoms with van der Waals surface area (Å²) < 4.78 is 30.5. The number of rotatable bonds is 11. The smallest absolute Gasteiger partial charge is 0.268 e. The molecule has 14 heteroatoms. The van der Waals surface area contributed by atoms with Crippen LogP contribution in [-0.2, 0) is 24.4 Å². The number of sulfonamides is 1. The Balaban J connectivity index is 1.34. The molecule has 3 saturated heterocycles. The molecule has 272 valence electrons. The molecule has 0 aromatic heterocycles. The highest BCUT2D eigenvalue weighted by Gasteiger charge is 2.61. The molecule has 0 radical (unpaired) electrons. The van der Waals surface area contributed by atoms with E-state index in [1.54, 1.807) is 34.1 Å². The first-order valence-corrected chi connectivity index (χ1v) is 20.8. The molecule has 6 rings (SSSR count). The number of benzene rings is 3. The highest BCUT2D eigenvalue weighted by atomic mass is 32.2. The predicted molar refractivity (Wildman–Crippen MR) is 203 cm³/mol. The van der Waals surface area contributed by atoms with Gasteiger partial charge in [0.25, 0.3) is 5.91 Å². The molecular formula is C37H46N6O5S3. The van der Waals surface area contributed by atoms with E-state index in [-0.39, 0.29) is 29.2 Å². The summed E-state index contributed by atoms with van der Waals surface area (Å²) in [6.45, 7) is 5.21. The van der Waals surface area contributed by atoms with E-state index in [2.05, 4.69) is 5.32 Å². The van der Waals surface area contributed by atoms with Gasteiger partial charge in [0.2, 0.25) is 26.8 Å². The molecule has 3 aliphatic rings. The molecule has 3 aromatic carbocycles. The standard InChI is InChI=1S/C37H46N6O5S3/c1-25(2)31(38)34(45)41-19-17-29(18-20-41)32(28-11-7-4-8-12-28)40-36(46)37(42-21-23-49-35(42)33(39)44)43(22-24-50-37)51(47,48)30-15-13-27(14-16-30)26-9-5-3-6-10-26/h3-16,25,29,31-32,35H,17-24,38H2,1-2H3,(H2,39,44)(H,40,46)/t31-,32?,35?,37?/m0/s1. The normalized spacial score (nSPS) is 23.3. The van der Waals surface area contributed by atoms with E-state index in [0.717, 1.165) is 16.7 Å². The van der Waals surface area contributed by atoms with Crippen LogP contribution in [0.15, 0.2) is 89.8 Å². The molecular weight excluding hydrogens is 705 g/mol. The number of nitrogens with two attached hydrogens (primary N) is 2. The third-order valence-corrected chi connectivity index (χ3v) is 14.7. The molecule has 3 unspecified atom stereocenters. The molecule has 3 aromatic rings. The van der Waals surface area contributed by atoms with Gasteiger partial charge in [-0.1, -0.05) is 86.6 Å². The van der Waals surface area contributed by atoms with E-state index in [0.29, 0.717) is 44.0 Å². The minimum absolute atomic E-state index is 0.0145. The van der Waals surface area contributed by atoms with Gasteiger partial charge in [0.15, 0.2) is 0 Å². The van der Waals surface area contributed by atoms with E-state index >= 15 is 4.79 Å². The molecule has 3 amide bonds. The first-order chi connectivity index (χ1) is 24.4. The van der Waals surface area contributed by atoms with E-state index in [4.69, 9.17) is 11.5 Å². The topological polar surface area (TPSA) is 159 Å². The number of piperidine rings is 1. The largest absolute Gasteiger partial charge is 0.368 e. The Morgan fingerprint density at radius 1 is 0.843 bits per heavy atom. The Kier molecular flexibility index (Phi) is 11.5. The van der Waals surface area contributed by atoms with Crippen LogP contribution in [0.1, 0.15) is 38.3 Å². The van der Waals surface area contributed by atoms with Crippen molar-refractivity contribution in [2.75, 3.05) is 37.7 Å². The molecule has 3 heterocycles. The Labute approximate surface area is 308 Å². The lowest BCUT2D eigenvalue weighted by Gasteiger charge is -2.45. The Morgan fingerprint density at radius 3 is 2.06 bits per heavy atom. The SMILES string of the molecule is CC(C)[C@H](N)C(=O)N1CCC(C(NC(=O)C2(N3CCSC3C(N)=O)SCCN2S(=O)(=O)c2ccc(-c3ccccc3)cc2)c2ccccc2)CC1. The molecule has 0 spiro atoms. The number of thioether (sulfide) groups is 2. The van der Waals surface area contributed by atoms with Crippen molar-refractivity contribution in [1.29, 1.82) is 0 Å². The molecule has 0 bridgehead atoms. The molecule has 5 N–H and O–H groups in total. The zero-order chi connectivity index (χ0) is 36.3. The average molecular weight is 751 g/mol. The van der Waals surface area contributed by atoms with Crippen molar-refractivity contribution in [1.82, 2.24) is 19.4 Å². The number of nitrogens with one attached hydrogen (secondary N) is 1. The third kappa shape index (κ3) is 7.44. The van der Waals surface area contributed by atoms with E-state index in [9.17, 15) is 18.0 Å². The van der Waals surface area contributed by atoms with Gasteiger partial charge in [-0.3, -0.25) is 14.4 Å². The summed E-state index contributed by atoms with van der Waals surface area (Å²) in [4.78, 5) is 42.7. The van der Waals surface area contributed by atoms with Crippen molar-refractivity contribution in [3.63, 3.8) is 0 Å². The summed E-state index contributed by atoms with van der Waals surface area (Å²) in [5.41, 5.74) is 14.8. The highest BCUT2D eigenvalue weighted by Crippen LogP contribution is 2.48. The van der Waals surface area contributed by atoms with Gasteiger partial charge in [-0.2, -0.15) is 4.31 Å². The summed E-state index contributed by atoms with van der Waals surface area (Å²) in [5, 5.41) is 2.40. The van der Waals surface area contributed by atoms with Gasteiger partial charge in [0, 0.05) is 37.7 Å². The lowest BCUT2D eigenvalue weighted by molar-refractivity contribution is -0.138. The summed E-state index contributed by atoms with van der Waals surface area (Å²) in [7, 11) is -4.24. The number of carbonyl (C=O) groups excluding carboxylic acids is 3. The van der Waals surface area contributed by atoms with Crippen molar-refractivity contribution in [3.05, 3.63) is 90.5 Å². The zero-order valence-electron chi connectivity index (χ0n) is 28.9. The monoisotopic (exact) mass is 750 g/mol. The molecule has 11 nitrogen and oxygen atoms in total. The second-order valence-corrected chi connectivity index (χ2v) is 17.9. The quantitative estimate of drug-likeness (QED) is 0.266. The van der Waals surface area contributed by atoms with Gasteiger partial charge < -0.3 is 21.7 Å². The van der Waals surface area contributed by atoms with Gasteiger partial charge in [0.05, 0.1) is 17.0 Å². The number of hydrogen-bond donors (Lipinski definition) is 3. The van der Waals surface area contributed by atoms with Crippen LogP contribution in [-0.4, -0.2) is 94.3 Å². The first kappa shape index (κ1) is 37.4. The highest BCUT2D eigenvalue weighted by molar-refractivity contribution is 8.03. The second-order valence-electron chi connectivity index (χ2n) is 13.5. The first-order valence-electron chi connectivity index (χ1n) is 17.4. The second kappa shape index (κ2) is 15.7. The number of nitrogens with zero attached hydrogens (tertiary/aromatic N) is 3. The Bertz CT molecular complexity index is 1810. The number of amides is 3. The van der Waals surface area contributed by atoms with Gasteiger partial charge in [-0.05, 0) is 53.5 Å². The third-order valence-electron chi connectivity index (χ3n) is 10.1. The van der Waals surface area contributed by atoms with Crippen LogP contribution in [0.3, 0.4) is 0 Å². The molecule has 3 aliphatic heterocycles. The predicted octanol–water partition coefficient (Wildman–Crippen LogP) is 3.68. The number of likely N-dealkylation sites (tertiary alicyclic amines) is 1. The van der Waals surface area contributed by atoms with Gasteiger partial charge in [-0.15, -0.1) is 23.5 Å². The van der Waals surface area contributed by atoms with E-state index in [1.165, 1.54) is 27.8 Å². The fourth-order valence-corrected chi connectivity index (χ4v) is 11.9. The number of primary amides is 1. The minimum atomic E-state index is -4.24. The van der Waals surface area contributed by atoms with E-state index < -0.39 is 44.3 Å². The number of hydrogen-bond acceptors (Lipinski definition) is 9. The lowest BCUT2D eigenvalue weighted by atomic mass is 9.84. The van der Waals surface area contributed by atoms with Crippen molar-refractivity contribution in [2.24, 2.45) is 23.3 Å². The van der Waals surface area contributed by atoms with Crippen LogP contribution in [0.25, 0.3) is 11.1 Å². The van der Waals surface area contributed by atoms with Crippen LogP contribution in [0.4, 0.5) is 0 Å². The van der Waals surface area contributed by atoms with Crippen LogP contribution >= 0.6 is 23.5 Å². The molecule has 0 aliphatic carbocycles. The van der Waals surface area contributed by atoms with Crippen molar-refractivity contribution >= 4 is 51.3 Å². The van der Waals surface area contributed by atoms with Crippen LogP contribution < -0.4 is 16.8 Å². The number of carbonyl (C=O) groups is 3. The fourth-order valence-electron chi connectivity index (χ4n) is 7.22. The molecule has 3 fully saturated rings. The van der Waals surface area contributed by atoms with Gasteiger partial charge >= 0.3 is 0 Å². The maximum absolute atomic E-state index is 15.1. The summed E-state index contributed by atoms with van der Waals surface area (Å²) in [6.07, 6.45) is 1.24. The maximum atomic E-state index is 15.1. The van der Waals surface area contributed by atoms with Crippen molar-refractivity contribution in [2.45, 2.75) is 54.0 Å². The lowest BCUT2D eigenvalue weighted by Crippen LogP contribution is -2.67. The Hall–Kier alpha value is -3.40. The summed E-state index contributed by atoms with van der Waals surface area (Å²) >= 11 is 2.52. The molecule has 51 heavy (non-hydrogen) atoms. The Morgan fingerprint density at radius 2 is 1.45 bits per heavy atom. The van der Waals surface area contributed by atoms with Crippen LogP contribution in [0, 0.1) is 11.8 Å². The molecule has 0 saturated carbocycles. The van der Waals surface area contributed by atoms with E-state index in [1.807, 2.05) is 74.5 Å². The van der Waals surface area contributed by atoms with Gasteiger partial charge in [-0.25, -0.2) is 13.3 Å². The summed E-state index contributed by atoms with van der Waals surface area (Å²) in [5.74, 6) is -0.401. The zero-order valence-corrected chi connectivity index (χ0v) is 31.3.